The third-order valence-electron chi connectivity index (χ3n) is 8.41. The van der Waals surface area contributed by atoms with Crippen molar-refractivity contribution >= 4 is 81.4 Å². The summed E-state index contributed by atoms with van der Waals surface area (Å²) in [5, 5.41) is 9.99. The van der Waals surface area contributed by atoms with Crippen molar-refractivity contribution in [2.45, 2.75) is 81.4 Å². The molecule has 0 atom stereocenters. The number of carbonyl (C=O) groups excluding carboxylic acids is 4. The number of benzene rings is 3. The lowest BCUT2D eigenvalue weighted by Gasteiger charge is -2.20. The summed E-state index contributed by atoms with van der Waals surface area (Å²) < 4.78 is 85.0. The average Bonchev–Trinajstić information content (AvgIpc) is 3.18. The zero-order chi connectivity index (χ0) is 46.0. The number of hydrogen-bond acceptors (Lipinski definition) is 10. The van der Waals surface area contributed by atoms with Crippen LogP contribution in [0.5, 0.6) is 0 Å². The topological polar surface area (TPSA) is 219 Å². The van der Waals surface area contributed by atoms with E-state index in [0.29, 0.717) is 50.7 Å². The van der Waals surface area contributed by atoms with E-state index in [0.717, 1.165) is 53.5 Å². The molecular formula is C41H51F6N9O4S2. The van der Waals surface area contributed by atoms with Gasteiger partial charge < -0.3 is 38.5 Å². The summed E-state index contributed by atoms with van der Waals surface area (Å²) in [5.74, 6) is -2.23. The van der Waals surface area contributed by atoms with E-state index >= 15 is 0 Å². The fourth-order valence-electron chi connectivity index (χ4n) is 5.56. The molecule has 0 saturated heterocycles. The number of hydrogen-bond donors (Lipinski definition) is 7. The number of amidine groups is 1. The Morgan fingerprint density at radius 1 is 0.597 bits per heavy atom. The van der Waals surface area contributed by atoms with Crippen molar-refractivity contribution in [1.82, 2.24) is 0 Å². The van der Waals surface area contributed by atoms with Crippen molar-refractivity contribution in [3.8, 4) is 0 Å². The number of anilines is 4. The van der Waals surface area contributed by atoms with Gasteiger partial charge in [-0.1, -0.05) is 6.07 Å². The van der Waals surface area contributed by atoms with Gasteiger partial charge in [0.25, 0.3) is 11.8 Å². The lowest BCUT2D eigenvalue weighted by atomic mass is 10.1. The van der Waals surface area contributed by atoms with Gasteiger partial charge >= 0.3 is 12.4 Å². The predicted molar refractivity (Wildman–Crippen MR) is 236 cm³/mol. The van der Waals surface area contributed by atoms with Crippen molar-refractivity contribution in [3.63, 3.8) is 0 Å². The number of unbranched alkanes of at least 4 members (excludes halogenated alkanes) is 2. The normalized spacial score (nSPS) is 11.8. The number of amides is 4. The Labute approximate surface area is 364 Å². The first-order chi connectivity index (χ1) is 29.2. The number of carbonyl (C=O) groups is 4. The minimum Gasteiger partial charge on any atom is -0.388 e. The van der Waals surface area contributed by atoms with Crippen molar-refractivity contribution in [2.75, 3.05) is 59.0 Å². The second-order valence-corrected chi connectivity index (χ2v) is 16.1. The van der Waals surface area contributed by atoms with Gasteiger partial charge in [0.05, 0.1) is 49.5 Å². The molecule has 0 aliphatic rings. The van der Waals surface area contributed by atoms with E-state index in [4.69, 9.17) is 17.2 Å². The highest BCUT2D eigenvalue weighted by Gasteiger charge is 2.34. The second-order valence-electron chi connectivity index (χ2n) is 13.9. The standard InChI is InChI=1S/C41H51F6N9O4S2/c1-24(2)51-15-6-4-11-34(57)53-30-20-28(40(42,43)44)22-32(36(30)61-17-13-48)55-38(59)26-9-8-10-27(19-26)39(60)56-33-23-29(41(45,46)47)21-31(37(33)62-18-14-49)54-35(58)12-5-7-16-52-25(3)50/h8-10,19-23H,4-7,11-18,48-49H2,1-3H3,(H2,50,52)(H,53,57)(H,54,58)(H,55,59)(H,56,60). The average molecular weight is 912 g/mol. The first-order valence-corrected chi connectivity index (χ1v) is 21.4. The highest BCUT2D eigenvalue weighted by molar-refractivity contribution is 7.99. The fraction of sp³-hybridized carbons (Fsp3) is 0.415. The SMILES string of the molecule is CC(C)=NCCCCC(=O)Nc1cc(C(F)(F)F)cc(NC(=O)c2cccc(C(=O)Nc3cc(C(F)(F)F)cc(NC(=O)CCCCN=C(C)N)c3SCCN)c2)c1SCCN. The molecule has 62 heavy (non-hydrogen) atoms. The number of nitrogens with one attached hydrogen (secondary N) is 4. The molecule has 3 aromatic rings. The molecular weight excluding hydrogens is 861 g/mol. The van der Waals surface area contributed by atoms with Gasteiger partial charge in [0.2, 0.25) is 11.8 Å². The number of nitrogens with zero attached hydrogens (tertiary/aromatic N) is 2. The Hall–Kier alpha value is -5.12. The molecule has 10 N–H and O–H groups in total. The maximum atomic E-state index is 14.2. The maximum absolute atomic E-state index is 14.2. The zero-order valence-corrected chi connectivity index (χ0v) is 36.1. The Balaban J connectivity index is 1.95. The van der Waals surface area contributed by atoms with Gasteiger partial charge in [-0.3, -0.25) is 29.2 Å². The van der Waals surface area contributed by atoms with E-state index in [-0.39, 0.29) is 81.1 Å². The molecule has 4 amide bonds. The fourth-order valence-corrected chi connectivity index (χ4v) is 7.26. The van der Waals surface area contributed by atoms with Crippen LogP contribution >= 0.6 is 23.5 Å². The van der Waals surface area contributed by atoms with Crippen molar-refractivity contribution < 1.29 is 45.5 Å². The number of halogens is 6. The van der Waals surface area contributed by atoms with E-state index in [1.54, 1.807) is 6.92 Å². The van der Waals surface area contributed by atoms with E-state index in [1.807, 2.05) is 13.8 Å². The van der Waals surface area contributed by atoms with Crippen LogP contribution < -0.4 is 38.5 Å². The Kier molecular flexibility index (Phi) is 20.2. The van der Waals surface area contributed by atoms with Crippen LogP contribution in [0.2, 0.25) is 0 Å². The van der Waals surface area contributed by atoms with Crippen LogP contribution in [-0.2, 0) is 21.9 Å². The largest absolute Gasteiger partial charge is 0.416 e. The van der Waals surface area contributed by atoms with Gasteiger partial charge in [-0.15, -0.1) is 23.5 Å². The maximum Gasteiger partial charge on any atom is 0.416 e. The Bertz CT molecular complexity index is 1960. The molecule has 3 rings (SSSR count). The molecule has 0 spiro atoms. The highest BCUT2D eigenvalue weighted by Crippen LogP contribution is 2.43. The molecule has 0 fully saturated rings. The van der Waals surface area contributed by atoms with Crippen LogP contribution in [0.15, 0.2) is 68.3 Å². The lowest BCUT2D eigenvalue weighted by Crippen LogP contribution is -2.19. The lowest BCUT2D eigenvalue weighted by molar-refractivity contribution is -0.138. The summed E-state index contributed by atoms with van der Waals surface area (Å²) in [5.41, 5.74) is 14.1. The molecule has 0 aliphatic heterocycles. The molecule has 0 aliphatic carbocycles. The smallest absolute Gasteiger partial charge is 0.388 e. The van der Waals surface area contributed by atoms with Crippen LogP contribution in [0.3, 0.4) is 0 Å². The third kappa shape index (κ3) is 17.0. The van der Waals surface area contributed by atoms with Crippen molar-refractivity contribution in [2.24, 2.45) is 27.2 Å². The Morgan fingerprint density at radius 3 is 1.34 bits per heavy atom. The molecule has 13 nitrogen and oxygen atoms in total. The summed E-state index contributed by atoms with van der Waals surface area (Å²) in [4.78, 5) is 61.6. The van der Waals surface area contributed by atoms with E-state index in [1.165, 1.54) is 18.2 Å². The van der Waals surface area contributed by atoms with Gasteiger partial charge in [-0.2, -0.15) is 26.3 Å². The number of rotatable bonds is 22. The van der Waals surface area contributed by atoms with Crippen molar-refractivity contribution in [3.05, 3.63) is 70.8 Å². The highest BCUT2D eigenvalue weighted by atomic mass is 32.2. The van der Waals surface area contributed by atoms with Gasteiger partial charge in [0.15, 0.2) is 0 Å². The molecule has 0 heterocycles. The summed E-state index contributed by atoms with van der Waals surface area (Å²) >= 11 is 2.01. The van der Waals surface area contributed by atoms with E-state index in [9.17, 15) is 45.5 Å². The molecule has 338 valence electrons. The number of thioether (sulfide) groups is 2. The summed E-state index contributed by atoms with van der Waals surface area (Å²) in [6.07, 6.45) is -7.93. The number of alkyl halides is 6. The molecule has 0 saturated carbocycles. The minimum atomic E-state index is -4.89. The zero-order valence-electron chi connectivity index (χ0n) is 34.4. The summed E-state index contributed by atoms with van der Waals surface area (Å²) in [6.45, 7) is 6.35. The summed E-state index contributed by atoms with van der Waals surface area (Å²) in [6, 6.07) is 7.93. The Morgan fingerprint density at radius 2 is 0.984 bits per heavy atom. The molecule has 0 unspecified atom stereocenters. The van der Waals surface area contributed by atoms with Gasteiger partial charge in [0, 0.05) is 67.4 Å². The van der Waals surface area contributed by atoms with Crippen LogP contribution in [0.25, 0.3) is 0 Å². The van der Waals surface area contributed by atoms with Gasteiger partial charge in [-0.25, -0.2) is 0 Å². The number of nitrogens with two attached hydrogens (primary N) is 3. The van der Waals surface area contributed by atoms with Crippen molar-refractivity contribution in [1.29, 1.82) is 0 Å². The molecule has 21 heteroatoms. The van der Waals surface area contributed by atoms with E-state index < -0.39 is 47.1 Å². The van der Waals surface area contributed by atoms with Gasteiger partial charge in [0.1, 0.15) is 0 Å². The number of aliphatic imine (C=N–C) groups is 2. The molecule has 3 aromatic carbocycles. The molecule has 0 bridgehead atoms. The van der Waals surface area contributed by atoms with Crippen LogP contribution in [-0.4, -0.2) is 72.9 Å². The van der Waals surface area contributed by atoms with E-state index in [2.05, 4.69) is 31.3 Å². The monoisotopic (exact) mass is 911 g/mol. The molecule has 0 radical (unpaired) electrons. The third-order valence-corrected chi connectivity index (χ3v) is 10.7. The quantitative estimate of drug-likeness (QED) is 0.0169. The van der Waals surface area contributed by atoms with Gasteiger partial charge in [-0.05, 0) is 88.9 Å². The first-order valence-electron chi connectivity index (χ1n) is 19.5. The van der Waals surface area contributed by atoms with Crippen LogP contribution in [0, 0.1) is 0 Å². The second kappa shape index (κ2) is 24.5. The van der Waals surface area contributed by atoms with Crippen LogP contribution in [0.4, 0.5) is 49.1 Å². The first kappa shape index (κ1) is 51.2. The predicted octanol–water partition coefficient (Wildman–Crippen LogP) is 8.41. The van der Waals surface area contributed by atoms with Crippen LogP contribution in [0.1, 0.15) is 91.1 Å². The summed E-state index contributed by atoms with van der Waals surface area (Å²) in [7, 11) is 0. The minimum absolute atomic E-state index is 0.00172. The molecule has 0 aromatic heterocycles.